The standard InChI is InChI=1S/C29H28BrFN2O4/c30-24-8-1-19(17-25(24)31)2-10-28(34)32-23-6-3-20(4-7-23)21-11-13-33(14-12-21)29(35)22-5-9-26-27(18-22)37-16-15-36-26/h1,3-9,17-18,21H,2,10-16H2,(H,32,34). The van der Waals surface area contributed by atoms with E-state index in [1.807, 2.05) is 35.2 Å². The summed E-state index contributed by atoms with van der Waals surface area (Å²) in [7, 11) is 0. The smallest absolute Gasteiger partial charge is 0.253 e. The number of carbonyl (C=O) groups is 2. The third kappa shape index (κ3) is 6.13. The predicted octanol–water partition coefficient (Wildman–Crippen LogP) is 5.95. The Kier molecular flexibility index (Phi) is 7.74. The number of halogens is 2. The van der Waals surface area contributed by atoms with E-state index in [-0.39, 0.29) is 24.1 Å². The molecule has 1 N–H and O–H groups in total. The van der Waals surface area contributed by atoms with Crippen LogP contribution in [0.25, 0.3) is 0 Å². The SMILES string of the molecule is O=C(CCc1ccc(Br)c(F)c1)Nc1ccc(C2CCN(C(=O)c3ccc4c(c3)OCCO4)CC2)cc1. The van der Waals surface area contributed by atoms with E-state index >= 15 is 0 Å². The molecule has 0 bridgehead atoms. The maximum atomic E-state index is 13.7. The molecule has 0 aromatic heterocycles. The number of rotatable bonds is 6. The van der Waals surface area contributed by atoms with Crippen molar-refractivity contribution in [2.75, 3.05) is 31.6 Å². The number of likely N-dealkylation sites (tertiary alicyclic amines) is 1. The monoisotopic (exact) mass is 566 g/mol. The number of hydrogen-bond acceptors (Lipinski definition) is 4. The molecule has 2 amide bonds. The van der Waals surface area contributed by atoms with Gasteiger partial charge in [-0.15, -0.1) is 0 Å². The predicted molar refractivity (Wildman–Crippen MR) is 143 cm³/mol. The van der Waals surface area contributed by atoms with Crippen LogP contribution in [0.5, 0.6) is 11.5 Å². The molecule has 2 aliphatic heterocycles. The summed E-state index contributed by atoms with van der Waals surface area (Å²) in [5.74, 6) is 1.25. The number of anilines is 1. The van der Waals surface area contributed by atoms with Crippen LogP contribution in [0.2, 0.25) is 0 Å². The second-order valence-electron chi connectivity index (χ2n) is 9.34. The average molecular weight is 567 g/mol. The van der Waals surface area contributed by atoms with E-state index in [0.717, 1.165) is 24.1 Å². The van der Waals surface area contributed by atoms with Crippen LogP contribution in [0.3, 0.4) is 0 Å². The quantitative estimate of drug-likeness (QED) is 0.400. The Labute approximate surface area is 223 Å². The molecule has 1 saturated heterocycles. The number of amides is 2. The fraction of sp³-hybridized carbons (Fsp3) is 0.310. The summed E-state index contributed by atoms with van der Waals surface area (Å²) in [6.45, 7) is 2.39. The lowest BCUT2D eigenvalue weighted by molar-refractivity contribution is -0.116. The Hall–Kier alpha value is -3.39. The molecule has 0 radical (unpaired) electrons. The molecule has 37 heavy (non-hydrogen) atoms. The Balaban J connectivity index is 1.10. The minimum Gasteiger partial charge on any atom is -0.486 e. The molecule has 1 fully saturated rings. The van der Waals surface area contributed by atoms with Gasteiger partial charge in [-0.3, -0.25) is 9.59 Å². The first-order valence-electron chi connectivity index (χ1n) is 12.5. The number of ether oxygens (including phenoxy) is 2. The number of hydrogen-bond donors (Lipinski definition) is 1. The summed E-state index contributed by atoms with van der Waals surface area (Å²) in [6.07, 6.45) is 2.51. The lowest BCUT2D eigenvalue weighted by Gasteiger charge is -2.32. The van der Waals surface area contributed by atoms with Gasteiger partial charge in [0.05, 0.1) is 4.47 Å². The zero-order valence-electron chi connectivity index (χ0n) is 20.3. The summed E-state index contributed by atoms with van der Waals surface area (Å²) in [6, 6.07) is 18.2. The van der Waals surface area contributed by atoms with Crippen molar-refractivity contribution in [2.24, 2.45) is 0 Å². The van der Waals surface area contributed by atoms with E-state index in [4.69, 9.17) is 9.47 Å². The van der Waals surface area contributed by atoms with Crippen molar-refractivity contribution < 1.29 is 23.5 Å². The van der Waals surface area contributed by atoms with Gasteiger partial charge >= 0.3 is 0 Å². The lowest BCUT2D eigenvalue weighted by Crippen LogP contribution is -2.38. The highest BCUT2D eigenvalue weighted by molar-refractivity contribution is 9.10. The van der Waals surface area contributed by atoms with Crippen molar-refractivity contribution in [1.82, 2.24) is 4.90 Å². The van der Waals surface area contributed by atoms with Gasteiger partial charge in [-0.2, -0.15) is 0 Å². The van der Waals surface area contributed by atoms with Crippen LogP contribution in [0.4, 0.5) is 10.1 Å². The highest BCUT2D eigenvalue weighted by Gasteiger charge is 2.25. The van der Waals surface area contributed by atoms with Crippen LogP contribution in [-0.4, -0.2) is 43.0 Å². The first-order valence-corrected chi connectivity index (χ1v) is 13.3. The highest BCUT2D eigenvalue weighted by atomic mass is 79.9. The fourth-order valence-corrected chi connectivity index (χ4v) is 5.04. The molecule has 5 rings (SSSR count). The summed E-state index contributed by atoms with van der Waals surface area (Å²) >= 11 is 3.14. The molecule has 2 aliphatic rings. The zero-order chi connectivity index (χ0) is 25.8. The topological polar surface area (TPSA) is 67.9 Å². The van der Waals surface area contributed by atoms with Gasteiger partial charge in [-0.25, -0.2) is 4.39 Å². The van der Waals surface area contributed by atoms with Crippen molar-refractivity contribution in [2.45, 2.75) is 31.6 Å². The second-order valence-corrected chi connectivity index (χ2v) is 10.2. The second kappa shape index (κ2) is 11.3. The third-order valence-electron chi connectivity index (χ3n) is 6.86. The summed E-state index contributed by atoms with van der Waals surface area (Å²) < 4.78 is 25.2. The van der Waals surface area contributed by atoms with E-state index in [9.17, 15) is 14.0 Å². The minimum atomic E-state index is -0.327. The van der Waals surface area contributed by atoms with Crippen LogP contribution in [0.15, 0.2) is 65.1 Å². The molecule has 0 unspecified atom stereocenters. The Bertz CT molecular complexity index is 1290. The summed E-state index contributed by atoms with van der Waals surface area (Å²) in [5, 5.41) is 2.92. The van der Waals surface area contributed by atoms with Gasteiger partial charge in [-0.1, -0.05) is 18.2 Å². The Morgan fingerprint density at radius 2 is 1.68 bits per heavy atom. The van der Waals surface area contributed by atoms with Crippen molar-refractivity contribution in [3.63, 3.8) is 0 Å². The highest BCUT2D eigenvalue weighted by Crippen LogP contribution is 2.33. The number of aryl methyl sites for hydroxylation is 1. The lowest BCUT2D eigenvalue weighted by atomic mass is 9.89. The molecule has 192 valence electrons. The van der Waals surface area contributed by atoms with Crippen molar-refractivity contribution in [3.05, 3.63) is 87.6 Å². The van der Waals surface area contributed by atoms with Crippen LogP contribution < -0.4 is 14.8 Å². The number of nitrogens with zero attached hydrogens (tertiary/aromatic N) is 1. The van der Waals surface area contributed by atoms with E-state index in [1.54, 1.807) is 24.3 Å². The molecule has 0 atom stereocenters. The first-order chi connectivity index (χ1) is 18.0. The molecule has 2 heterocycles. The fourth-order valence-electron chi connectivity index (χ4n) is 4.79. The number of nitrogens with one attached hydrogen (secondary N) is 1. The summed E-state index contributed by atoms with van der Waals surface area (Å²) in [4.78, 5) is 27.3. The van der Waals surface area contributed by atoms with Crippen molar-refractivity contribution in [3.8, 4) is 11.5 Å². The maximum absolute atomic E-state index is 13.7. The van der Waals surface area contributed by atoms with Gasteiger partial charge in [0.1, 0.15) is 19.0 Å². The molecule has 0 saturated carbocycles. The molecule has 3 aromatic carbocycles. The van der Waals surface area contributed by atoms with Crippen LogP contribution >= 0.6 is 15.9 Å². The first kappa shape index (κ1) is 25.3. The number of benzene rings is 3. The van der Waals surface area contributed by atoms with Crippen LogP contribution in [0, 0.1) is 5.82 Å². The molecule has 0 aliphatic carbocycles. The average Bonchev–Trinajstić information content (AvgIpc) is 2.93. The van der Waals surface area contributed by atoms with Crippen LogP contribution in [-0.2, 0) is 11.2 Å². The van der Waals surface area contributed by atoms with Crippen LogP contribution in [0.1, 0.15) is 46.7 Å². The summed E-state index contributed by atoms with van der Waals surface area (Å²) in [5.41, 5.74) is 3.34. The third-order valence-corrected chi connectivity index (χ3v) is 7.51. The molecule has 6 nitrogen and oxygen atoms in total. The van der Waals surface area contributed by atoms with Crippen molar-refractivity contribution in [1.29, 1.82) is 0 Å². The molecular weight excluding hydrogens is 539 g/mol. The van der Waals surface area contributed by atoms with Gasteiger partial charge in [-0.05, 0) is 94.7 Å². The van der Waals surface area contributed by atoms with Gasteiger partial charge in [0.25, 0.3) is 5.91 Å². The molecule has 3 aromatic rings. The Morgan fingerprint density at radius 1 is 0.946 bits per heavy atom. The number of piperidine rings is 1. The van der Waals surface area contributed by atoms with Gasteiger partial charge in [0, 0.05) is 30.8 Å². The normalized spacial score (nSPS) is 15.4. The number of fused-ring (bicyclic) bond motifs is 1. The number of carbonyl (C=O) groups excluding carboxylic acids is 2. The van der Waals surface area contributed by atoms with Gasteiger partial charge < -0.3 is 19.7 Å². The van der Waals surface area contributed by atoms with E-state index < -0.39 is 0 Å². The minimum absolute atomic E-state index is 0.0133. The van der Waals surface area contributed by atoms with E-state index in [0.29, 0.717) is 60.2 Å². The van der Waals surface area contributed by atoms with E-state index in [1.165, 1.54) is 11.6 Å². The molecular formula is C29H28BrFN2O4. The largest absolute Gasteiger partial charge is 0.486 e. The van der Waals surface area contributed by atoms with Gasteiger partial charge in [0.15, 0.2) is 11.5 Å². The zero-order valence-corrected chi connectivity index (χ0v) is 21.9. The van der Waals surface area contributed by atoms with Gasteiger partial charge in [0.2, 0.25) is 5.91 Å². The molecule has 8 heteroatoms. The Morgan fingerprint density at radius 3 is 2.41 bits per heavy atom. The maximum Gasteiger partial charge on any atom is 0.253 e. The van der Waals surface area contributed by atoms with E-state index in [2.05, 4.69) is 21.2 Å². The van der Waals surface area contributed by atoms with Crippen molar-refractivity contribution >= 4 is 33.4 Å². The molecule has 0 spiro atoms.